The van der Waals surface area contributed by atoms with E-state index in [1.807, 2.05) is 20.8 Å². The van der Waals surface area contributed by atoms with Crippen molar-refractivity contribution >= 4 is 14.0 Å². The van der Waals surface area contributed by atoms with E-state index in [0.717, 1.165) is 12.8 Å². The van der Waals surface area contributed by atoms with Crippen molar-refractivity contribution in [1.82, 2.24) is 0 Å². The Morgan fingerprint density at radius 2 is 1.67 bits per heavy atom. The third-order valence-corrected chi connectivity index (χ3v) is 11.8. The Balaban J connectivity index is 2.44. The van der Waals surface area contributed by atoms with Crippen LogP contribution in [0.5, 0.6) is 0 Å². The van der Waals surface area contributed by atoms with Crippen LogP contribution in [-0.2, 0) is 9.53 Å². The number of rotatable bonds is 2. The summed E-state index contributed by atoms with van der Waals surface area (Å²) in [5.74, 6) is -0.0855. The summed E-state index contributed by atoms with van der Waals surface area (Å²) >= 11 is 0. The van der Waals surface area contributed by atoms with Gasteiger partial charge in [0.2, 0.25) is 0 Å². The van der Waals surface area contributed by atoms with Crippen LogP contribution in [0, 0.1) is 5.92 Å². The molecule has 2 nitrogen and oxygen atoms in total. The van der Waals surface area contributed by atoms with Crippen LogP contribution in [0.15, 0.2) is 22.4 Å². The lowest BCUT2D eigenvalue weighted by Crippen LogP contribution is -2.46. The molecule has 3 heteroatoms. The van der Waals surface area contributed by atoms with Gasteiger partial charge >= 0.3 is 5.97 Å². The molecule has 0 N–H and O–H groups in total. The zero-order valence-electron chi connectivity index (χ0n) is 17.0. The van der Waals surface area contributed by atoms with E-state index in [0.29, 0.717) is 0 Å². The fourth-order valence-electron chi connectivity index (χ4n) is 3.68. The summed E-state index contributed by atoms with van der Waals surface area (Å²) in [5, 5.41) is 1.64. The van der Waals surface area contributed by atoms with Crippen LogP contribution in [0.1, 0.15) is 73.6 Å². The summed E-state index contributed by atoms with van der Waals surface area (Å²) in [4.78, 5) is 13.0. The quantitative estimate of drug-likeness (QED) is 0.439. The number of carbonyl (C=O) groups is 1. The molecule has 0 aromatic heterocycles. The van der Waals surface area contributed by atoms with Gasteiger partial charge in [-0.1, -0.05) is 50.7 Å². The summed E-state index contributed by atoms with van der Waals surface area (Å²) in [7, 11) is -1.76. The number of esters is 1. The first kappa shape index (κ1) is 19.5. The molecule has 0 heterocycles. The number of allylic oxidation sites excluding steroid dienone is 3. The third kappa shape index (κ3) is 4.04. The summed E-state index contributed by atoms with van der Waals surface area (Å²) in [6.07, 6.45) is 8.22. The highest BCUT2D eigenvalue weighted by Crippen LogP contribution is 2.48. The largest absolute Gasteiger partial charge is 0.460 e. The molecule has 0 amide bonds. The van der Waals surface area contributed by atoms with Gasteiger partial charge in [0, 0.05) is 0 Å². The monoisotopic (exact) mass is 348 g/mol. The van der Waals surface area contributed by atoms with Crippen molar-refractivity contribution in [2.75, 3.05) is 0 Å². The van der Waals surface area contributed by atoms with E-state index in [9.17, 15) is 4.79 Å². The number of ether oxygens (including phenoxy) is 1. The zero-order valence-corrected chi connectivity index (χ0v) is 18.0. The maximum Gasteiger partial charge on any atom is 0.313 e. The highest BCUT2D eigenvalue weighted by Gasteiger charge is 2.45. The molecule has 0 aromatic carbocycles. The fraction of sp³-hybridized carbons (Fsp3) is 0.762. The first-order valence-electron chi connectivity index (χ1n) is 9.49. The lowest BCUT2D eigenvalue weighted by Gasteiger charge is -2.44. The Kier molecular flexibility index (Phi) is 5.26. The molecule has 1 atom stereocenters. The molecule has 0 fully saturated rings. The molecule has 0 aromatic rings. The Hall–Kier alpha value is -0.833. The average molecular weight is 349 g/mol. The Morgan fingerprint density at radius 1 is 1.08 bits per heavy atom. The SMILES string of the molecule is CC(C)(C)OC(=O)C1CC2=C(C=C1[Si](C)(C)C(C)(C)C)CCCC2. The van der Waals surface area contributed by atoms with Crippen molar-refractivity contribution in [2.45, 2.75) is 97.4 Å². The predicted octanol–water partition coefficient (Wildman–Crippen LogP) is 6.19. The number of hydrogen-bond acceptors (Lipinski definition) is 2. The van der Waals surface area contributed by atoms with Crippen molar-refractivity contribution in [1.29, 1.82) is 0 Å². The van der Waals surface area contributed by atoms with Crippen LogP contribution >= 0.6 is 0 Å². The summed E-state index contributed by atoms with van der Waals surface area (Å²) in [6.45, 7) is 17.7. The van der Waals surface area contributed by atoms with Crippen molar-refractivity contribution < 1.29 is 9.53 Å². The molecule has 2 aliphatic carbocycles. The molecule has 24 heavy (non-hydrogen) atoms. The van der Waals surface area contributed by atoms with Crippen LogP contribution in [0.2, 0.25) is 18.1 Å². The molecular formula is C21H36O2Si. The molecule has 2 rings (SSSR count). The average Bonchev–Trinajstić information content (AvgIpc) is 2.42. The van der Waals surface area contributed by atoms with Gasteiger partial charge in [0.15, 0.2) is 0 Å². The Labute approximate surface area is 149 Å². The maximum atomic E-state index is 13.0. The van der Waals surface area contributed by atoms with E-state index >= 15 is 0 Å². The summed E-state index contributed by atoms with van der Waals surface area (Å²) < 4.78 is 5.81. The normalized spacial score (nSPS) is 22.8. The molecule has 0 bridgehead atoms. The minimum absolute atomic E-state index is 0.0179. The summed E-state index contributed by atoms with van der Waals surface area (Å²) in [5.41, 5.74) is 2.62. The molecule has 136 valence electrons. The van der Waals surface area contributed by atoms with E-state index in [1.165, 1.54) is 35.6 Å². The zero-order chi connectivity index (χ0) is 18.3. The van der Waals surface area contributed by atoms with Gasteiger partial charge in [-0.2, -0.15) is 0 Å². The lowest BCUT2D eigenvalue weighted by atomic mass is 9.81. The van der Waals surface area contributed by atoms with Crippen molar-refractivity contribution in [3.63, 3.8) is 0 Å². The molecule has 1 unspecified atom stereocenters. The first-order chi connectivity index (χ1) is 10.8. The van der Waals surface area contributed by atoms with Crippen molar-refractivity contribution in [3.8, 4) is 0 Å². The molecule has 2 aliphatic rings. The van der Waals surface area contributed by atoms with Crippen molar-refractivity contribution in [2.24, 2.45) is 5.92 Å². The highest BCUT2D eigenvalue weighted by molar-refractivity contribution is 6.87. The Morgan fingerprint density at radius 3 is 2.21 bits per heavy atom. The standard InChI is InChI=1S/C21H36O2Si/c1-20(2,3)23-19(22)17-13-15-11-9-10-12-16(15)14-18(17)24(7,8)21(4,5)6/h14,17H,9-13H2,1-8H3. The van der Waals surface area contributed by atoms with Crippen LogP contribution in [0.25, 0.3) is 0 Å². The van der Waals surface area contributed by atoms with Crippen LogP contribution in [0.4, 0.5) is 0 Å². The predicted molar refractivity (Wildman–Crippen MR) is 105 cm³/mol. The number of hydrogen-bond donors (Lipinski definition) is 0. The fourth-order valence-corrected chi connectivity index (χ4v) is 6.17. The van der Waals surface area contributed by atoms with Gasteiger partial charge in [0.05, 0.1) is 14.0 Å². The minimum Gasteiger partial charge on any atom is -0.460 e. The van der Waals surface area contributed by atoms with Gasteiger partial charge in [-0.3, -0.25) is 4.79 Å². The topological polar surface area (TPSA) is 26.3 Å². The second kappa shape index (κ2) is 6.47. The van der Waals surface area contributed by atoms with Gasteiger partial charge in [-0.05, 0) is 63.5 Å². The van der Waals surface area contributed by atoms with E-state index in [2.05, 4.69) is 39.9 Å². The minimum atomic E-state index is -1.76. The second-order valence-electron chi connectivity index (χ2n) is 10.1. The first-order valence-corrected chi connectivity index (χ1v) is 12.5. The van der Waals surface area contributed by atoms with Crippen molar-refractivity contribution in [3.05, 3.63) is 22.4 Å². The van der Waals surface area contributed by atoms with Gasteiger partial charge in [0.25, 0.3) is 0 Å². The van der Waals surface area contributed by atoms with E-state index < -0.39 is 13.7 Å². The molecule has 0 radical (unpaired) electrons. The number of carbonyl (C=O) groups excluding carboxylic acids is 1. The molecule has 0 spiro atoms. The van der Waals surface area contributed by atoms with Gasteiger partial charge in [-0.15, -0.1) is 0 Å². The van der Waals surface area contributed by atoms with Crippen LogP contribution < -0.4 is 0 Å². The van der Waals surface area contributed by atoms with E-state index in [-0.39, 0.29) is 16.9 Å². The van der Waals surface area contributed by atoms with Crippen LogP contribution in [-0.4, -0.2) is 19.6 Å². The van der Waals surface area contributed by atoms with E-state index in [4.69, 9.17) is 4.74 Å². The second-order valence-corrected chi connectivity index (χ2v) is 15.4. The molecule has 0 aliphatic heterocycles. The van der Waals surface area contributed by atoms with Gasteiger partial charge in [-0.25, -0.2) is 0 Å². The molecule has 0 saturated carbocycles. The van der Waals surface area contributed by atoms with Gasteiger partial charge < -0.3 is 4.74 Å². The maximum absolute atomic E-state index is 13.0. The molecular weight excluding hydrogens is 312 g/mol. The third-order valence-electron chi connectivity index (χ3n) is 6.07. The molecule has 0 saturated heterocycles. The lowest BCUT2D eigenvalue weighted by molar-refractivity contribution is -0.158. The van der Waals surface area contributed by atoms with Gasteiger partial charge in [0.1, 0.15) is 5.60 Å². The highest BCUT2D eigenvalue weighted by atomic mass is 28.3. The van der Waals surface area contributed by atoms with Crippen LogP contribution in [0.3, 0.4) is 0 Å². The summed E-state index contributed by atoms with van der Waals surface area (Å²) in [6, 6.07) is 0. The van der Waals surface area contributed by atoms with E-state index in [1.54, 1.807) is 0 Å². The smallest absolute Gasteiger partial charge is 0.313 e. The Bertz CT molecular complexity index is 568.